The molecule has 1 fully saturated rings. The third-order valence-electron chi connectivity index (χ3n) is 4.93. The summed E-state index contributed by atoms with van der Waals surface area (Å²) in [5, 5.41) is 8.81. The largest absolute Gasteiger partial charge is 0.354 e. The predicted molar refractivity (Wildman–Crippen MR) is 126 cm³/mol. The molecule has 13 heteroatoms. The monoisotopic (exact) mass is 501 g/mol. The first-order chi connectivity index (χ1) is 15.3. The smallest absolute Gasteiger partial charge is 0.267 e. The van der Waals surface area contributed by atoms with E-state index in [9.17, 15) is 13.6 Å². The SMILES string of the molecule is Cc1nc(Nc2ncc(C(=O)NC3=C[SH](Cl)C=C3C(F)F)s2)cc(N2CCN(C)CC2)n1. The molecule has 2 aliphatic heterocycles. The zero-order valence-corrected chi connectivity index (χ0v) is 19.8. The van der Waals surface area contributed by atoms with E-state index < -0.39 is 22.4 Å². The lowest BCUT2D eigenvalue weighted by Gasteiger charge is -2.33. The summed E-state index contributed by atoms with van der Waals surface area (Å²) in [5.74, 6) is 1.50. The first kappa shape index (κ1) is 22.9. The molecule has 2 aromatic heterocycles. The Morgan fingerprint density at radius 1 is 1.25 bits per heavy atom. The maximum absolute atomic E-state index is 13.1. The Kier molecular flexibility index (Phi) is 6.93. The molecule has 0 aromatic carbocycles. The van der Waals surface area contributed by atoms with Gasteiger partial charge in [0.15, 0.2) is 5.13 Å². The Morgan fingerprint density at radius 2 is 2.00 bits per heavy atom. The number of allylic oxidation sites excluding steroid dienone is 1. The van der Waals surface area contributed by atoms with Gasteiger partial charge in [-0.25, -0.2) is 23.7 Å². The molecule has 0 radical (unpaired) electrons. The van der Waals surface area contributed by atoms with Gasteiger partial charge in [-0.2, -0.15) is 0 Å². The number of thiol groups is 1. The number of rotatable bonds is 6. The molecule has 4 rings (SSSR count). The summed E-state index contributed by atoms with van der Waals surface area (Å²) in [6.45, 7) is 5.50. The summed E-state index contributed by atoms with van der Waals surface area (Å²) >= 11 is 1.10. The molecule has 4 heterocycles. The van der Waals surface area contributed by atoms with E-state index in [0.717, 1.165) is 43.3 Å². The molecule has 1 atom stereocenters. The van der Waals surface area contributed by atoms with Crippen LogP contribution in [0.5, 0.6) is 0 Å². The fraction of sp³-hybridized carbons (Fsp3) is 0.368. The molecular formula is C19H22ClF2N7OS2. The van der Waals surface area contributed by atoms with Gasteiger partial charge in [0.05, 0.1) is 11.9 Å². The van der Waals surface area contributed by atoms with Crippen molar-refractivity contribution in [2.75, 3.05) is 43.4 Å². The number of nitrogens with zero attached hydrogens (tertiary/aromatic N) is 5. The Morgan fingerprint density at radius 3 is 2.72 bits per heavy atom. The zero-order valence-electron chi connectivity index (χ0n) is 17.3. The third kappa shape index (κ3) is 5.37. The first-order valence-electron chi connectivity index (χ1n) is 9.78. The topological polar surface area (TPSA) is 86.3 Å². The Labute approximate surface area is 195 Å². The lowest BCUT2D eigenvalue weighted by molar-refractivity contribution is 0.0968. The van der Waals surface area contributed by atoms with E-state index in [1.807, 2.05) is 13.0 Å². The van der Waals surface area contributed by atoms with Crippen molar-refractivity contribution in [2.45, 2.75) is 13.3 Å². The predicted octanol–water partition coefficient (Wildman–Crippen LogP) is 3.63. The van der Waals surface area contributed by atoms with E-state index in [4.69, 9.17) is 10.7 Å². The molecule has 2 N–H and O–H groups in total. The van der Waals surface area contributed by atoms with E-state index in [0.29, 0.717) is 16.8 Å². The number of nitrogens with one attached hydrogen (secondary N) is 2. The van der Waals surface area contributed by atoms with Crippen LogP contribution in [0.15, 0.2) is 34.3 Å². The van der Waals surface area contributed by atoms with Crippen LogP contribution in [-0.2, 0) is 0 Å². The fourth-order valence-electron chi connectivity index (χ4n) is 3.26. The number of alkyl halides is 2. The molecule has 2 aliphatic rings. The van der Waals surface area contributed by atoms with Crippen LogP contribution in [0.1, 0.15) is 15.5 Å². The average molecular weight is 502 g/mol. The van der Waals surface area contributed by atoms with Gasteiger partial charge in [-0.05, 0) is 24.8 Å². The first-order valence-corrected chi connectivity index (χ1v) is 13.0. The van der Waals surface area contributed by atoms with Crippen LogP contribution in [0.25, 0.3) is 0 Å². The van der Waals surface area contributed by atoms with Crippen molar-refractivity contribution in [2.24, 2.45) is 0 Å². The van der Waals surface area contributed by atoms with Crippen LogP contribution in [0.3, 0.4) is 0 Å². The Balaban J connectivity index is 1.44. The minimum atomic E-state index is -2.71. The van der Waals surface area contributed by atoms with Crippen molar-refractivity contribution in [3.63, 3.8) is 0 Å². The van der Waals surface area contributed by atoms with Crippen LogP contribution in [0.2, 0.25) is 0 Å². The number of piperazine rings is 1. The Bertz CT molecular complexity index is 1070. The highest BCUT2D eigenvalue weighted by molar-refractivity contribution is 8.40. The number of carbonyl (C=O) groups excluding carboxylic acids is 1. The number of hydrogen-bond donors (Lipinski definition) is 3. The summed E-state index contributed by atoms with van der Waals surface area (Å²) in [5.41, 5.74) is -0.201. The van der Waals surface area contributed by atoms with E-state index >= 15 is 0 Å². The molecule has 1 saturated heterocycles. The summed E-state index contributed by atoms with van der Waals surface area (Å²) in [6, 6.07) is 1.85. The second kappa shape index (κ2) is 9.69. The van der Waals surface area contributed by atoms with Gasteiger partial charge in [0.25, 0.3) is 12.3 Å². The van der Waals surface area contributed by atoms with Gasteiger partial charge in [-0.3, -0.25) is 4.79 Å². The minimum Gasteiger partial charge on any atom is -0.354 e. The van der Waals surface area contributed by atoms with Crippen molar-refractivity contribution in [1.82, 2.24) is 25.2 Å². The number of aromatic nitrogens is 3. The number of hydrogen-bond acceptors (Lipinski definition) is 8. The molecule has 32 heavy (non-hydrogen) atoms. The fourth-order valence-corrected chi connectivity index (χ4v) is 5.64. The zero-order chi connectivity index (χ0) is 22.8. The minimum absolute atomic E-state index is 0.0530. The molecule has 0 saturated carbocycles. The number of aryl methyl sites for hydroxylation is 1. The van der Waals surface area contributed by atoms with Gasteiger partial charge in [-0.1, -0.05) is 22.0 Å². The molecule has 0 bridgehead atoms. The number of likely N-dealkylation sites (N-methyl/N-ethyl adjacent to an activating group) is 1. The second-order valence-electron chi connectivity index (χ2n) is 7.33. The molecule has 172 valence electrons. The number of anilines is 3. The quantitative estimate of drug-likeness (QED) is 0.521. The van der Waals surface area contributed by atoms with Crippen LogP contribution < -0.4 is 15.5 Å². The molecule has 1 unspecified atom stereocenters. The third-order valence-corrected chi connectivity index (χ3v) is 7.45. The molecule has 0 aliphatic carbocycles. The number of halogens is 3. The van der Waals surface area contributed by atoms with Crippen molar-refractivity contribution in [3.05, 3.63) is 45.1 Å². The second-order valence-corrected chi connectivity index (χ2v) is 10.7. The van der Waals surface area contributed by atoms with Gasteiger partial charge in [0, 0.05) is 37.8 Å². The molecule has 1 amide bonds. The standard InChI is InChI=1S/C19H22ClF2N7OS2/c1-11-24-15(7-16(25-11)29-5-3-28(2)4-6-29)27-19-23-8-14(31-19)18(30)26-13-10-32(20)9-12(13)17(21)22/h7-10,17,32H,3-6H2,1-2H3,(H,26,30)(H,23,24,25,27). The average Bonchev–Trinajstić information content (AvgIpc) is 3.34. The maximum atomic E-state index is 13.1. The van der Waals surface area contributed by atoms with Gasteiger partial charge < -0.3 is 20.4 Å². The van der Waals surface area contributed by atoms with Crippen molar-refractivity contribution in [3.8, 4) is 0 Å². The van der Waals surface area contributed by atoms with Crippen LogP contribution in [0.4, 0.5) is 25.5 Å². The lowest BCUT2D eigenvalue weighted by Crippen LogP contribution is -2.44. The maximum Gasteiger partial charge on any atom is 0.267 e. The van der Waals surface area contributed by atoms with Crippen LogP contribution in [0, 0.1) is 6.92 Å². The lowest BCUT2D eigenvalue weighted by atomic mass is 10.2. The number of carbonyl (C=O) groups is 1. The summed E-state index contributed by atoms with van der Waals surface area (Å²) < 4.78 is 26.3. The number of thiazole rings is 1. The highest BCUT2D eigenvalue weighted by Crippen LogP contribution is 2.44. The Hall–Kier alpha value is -2.28. The van der Waals surface area contributed by atoms with E-state index in [2.05, 4.69) is 42.4 Å². The van der Waals surface area contributed by atoms with E-state index in [1.54, 1.807) is 0 Å². The highest BCUT2D eigenvalue weighted by Gasteiger charge is 2.25. The van der Waals surface area contributed by atoms with Crippen molar-refractivity contribution in [1.29, 1.82) is 0 Å². The molecule has 8 nitrogen and oxygen atoms in total. The molecule has 0 spiro atoms. The summed E-state index contributed by atoms with van der Waals surface area (Å²) in [4.78, 5) is 30.4. The van der Waals surface area contributed by atoms with Crippen LogP contribution in [-0.4, -0.2) is 65.4 Å². The molecule has 2 aromatic rings. The van der Waals surface area contributed by atoms with Gasteiger partial charge in [0.1, 0.15) is 22.3 Å². The number of amides is 1. The molecular weight excluding hydrogens is 480 g/mol. The van der Waals surface area contributed by atoms with Crippen molar-refractivity contribution < 1.29 is 13.6 Å². The van der Waals surface area contributed by atoms with Gasteiger partial charge in [0.2, 0.25) is 0 Å². The summed E-state index contributed by atoms with van der Waals surface area (Å²) in [7, 11) is 6.73. The van der Waals surface area contributed by atoms with Gasteiger partial charge in [-0.15, -0.1) is 10.1 Å². The van der Waals surface area contributed by atoms with Crippen LogP contribution >= 0.6 is 32.1 Å². The van der Waals surface area contributed by atoms with Gasteiger partial charge >= 0.3 is 0 Å². The van der Waals surface area contributed by atoms with E-state index in [-0.39, 0.29) is 16.1 Å². The normalized spacial score (nSPS) is 20.3. The van der Waals surface area contributed by atoms with E-state index in [1.165, 1.54) is 17.0 Å². The highest BCUT2D eigenvalue weighted by atomic mass is 35.7. The summed E-state index contributed by atoms with van der Waals surface area (Å²) in [6.07, 6.45) is -1.32. The van der Waals surface area contributed by atoms with Crippen molar-refractivity contribution >= 4 is 54.8 Å².